The summed E-state index contributed by atoms with van der Waals surface area (Å²) in [5.41, 5.74) is 1.35. The predicted octanol–water partition coefficient (Wildman–Crippen LogP) is 0.760. The number of amides is 1. The van der Waals surface area contributed by atoms with Gasteiger partial charge in [-0.05, 0) is 25.7 Å². The fraction of sp³-hybridized carbons (Fsp3) is 0.545. The van der Waals surface area contributed by atoms with E-state index in [9.17, 15) is 4.79 Å². The van der Waals surface area contributed by atoms with Crippen LogP contribution < -0.4 is 5.32 Å². The van der Waals surface area contributed by atoms with E-state index in [-0.39, 0.29) is 11.9 Å². The van der Waals surface area contributed by atoms with Gasteiger partial charge in [-0.1, -0.05) is 0 Å². The smallest absolute Gasteiger partial charge is 0.255 e. The topological polar surface area (TPSA) is 70.7 Å². The van der Waals surface area contributed by atoms with E-state index in [1.807, 2.05) is 6.92 Å². The minimum atomic E-state index is -0.355. The van der Waals surface area contributed by atoms with Crippen LogP contribution in [0.15, 0.2) is 6.20 Å². The lowest BCUT2D eigenvalue weighted by Gasteiger charge is -2.09. The maximum atomic E-state index is 11.9. The summed E-state index contributed by atoms with van der Waals surface area (Å²) in [7, 11) is 1.79. The molecule has 1 saturated carbocycles. The maximum absolute atomic E-state index is 11.9. The summed E-state index contributed by atoms with van der Waals surface area (Å²) in [4.78, 5) is 11.9. The van der Waals surface area contributed by atoms with Gasteiger partial charge in [0.15, 0.2) is 0 Å². The number of nitrogens with one attached hydrogen (secondary N) is 1. The van der Waals surface area contributed by atoms with E-state index < -0.39 is 0 Å². The molecule has 0 saturated heterocycles. The fourth-order valence-corrected chi connectivity index (χ4v) is 1.63. The van der Waals surface area contributed by atoms with E-state index in [0.717, 1.165) is 18.5 Å². The molecule has 1 aliphatic carbocycles. The monoisotopic (exact) mass is 218 g/mol. The normalized spacial score (nSPS) is 16.6. The van der Waals surface area contributed by atoms with E-state index in [1.165, 1.54) is 6.20 Å². The van der Waals surface area contributed by atoms with Crippen molar-refractivity contribution in [1.82, 2.24) is 15.1 Å². The van der Waals surface area contributed by atoms with Crippen LogP contribution in [0.3, 0.4) is 0 Å². The van der Waals surface area contributed by atoms with Crippen molar-refractivity contribution >= 4 is 5.91 Å². The van der Waals surface area contributed by atoms with E-state index in [2.05, 4.69) is 16.5 Å². The highest BCUT2D eigenvalue weighted by molar-refractivity contribution is 5.95. The Labute approximate surface area is 94.1 Å². The minimum Gasteiger partial charge on any atom is -0.336 e. The van der Waals surface area contributed by atoms with Crippen LogP contribution in [-0.2, 0) is 7.05 Å². The second-order valence-corrected chi connectivity index (χ2v) is 4.18. The number of nitriles is 1. The van der Waals surface area contributed by atoms with Crippen molar-refractivity contribution in [2.24, 2.45) is 13.0 Å². The molecule has 0 aromatic carbocycles. The summed E-state index contributed by atoms with van der Waals surface area (Å²) >= 11 is 0. The van der Waals surface area contributed by atoms with E-state index in [4.69, 9.17) is 5.26 Å². The molecule has 1 aromatic rings. The van der Waals surface area contributed by atoms with Gasteiger partial charge in [-0.25, -0.2) is 0 Å². The molecule has 1 atom stereocenters. The van der Waals surface area contributed by atoms with Crippen LogP contribution in [0.5, 0.6) is 0 Å². The highest BCUT2D eigenvalue weighted by Gasteiger charge is 2.32. The lowest BCUT2D eigenvalue weighted by Crippen LogP contribution is -2.35. The molecule has 5 nitrogen and oxygen atoms in total. The first-order valence-electron chi connectivity index (χ1n) is 5.32. The molecule has 1 N–H and O–H groups in total. The van der Waals surface area contributed by atoms with Gasteiger partial charge in [0.05, 0.1) is 17.8 Å². The third-order valence-electron chi connectivity index (χ3n) is 3.00. The summed E-state index contributed by atoms with van der Waals surface area (Å²) in [6.07, 6.45) is 3.60. The Balaban J connectivity index is 2.08. The van der Waals surface area contributed by atoms with E-state index in [1.54, 1.807) is 11.7 Å². The average molecular weight is 218 g/mol. The number of rotatable bonds is 3. The van der Waals surface area contributed by atoms with Gasteiger partial charge in [0.25, 0.3) is 5.91 Å². The molecule has 0 bridgehead atoms. The number of nitrogens with zero attached hydrogens (tertiary/aromatic N) is 3. The SMILES string of the molecule is Cc1c(C(=O)NC(C#N)C2CC2)cnn1C. The largest absolute Gasteiger partial charge is 0.336 e. The molecule has 0 radical (unpaired) electrons. The van der Waals surface area contributed by atoms with Gasteiger partial charge in [-0.2, -0.15) is 10.4 Å². The molecule has 1 heterocycles. The number of hydrogen-bond acceptors (Lipinski definition) is 3. The summed E-state index contributed by atoms with van der Waals surface area (Å²) in [6.45, 7) is 1.83. The molecule has 2 rings (SSSR count). The second kappa shape index (κ2) is 3.97. The van der Waals surface area contributed by atoms with Crippen molar-refractivity contribution in [2.75, 3.05) is 0 Å². The van der Waals surface area contributed by atoms with Crippen LogP contribution in [-0.4, -0.2) is 21.7 Å². The predicted molar refractivity (Wildman–Crippen MR) is 57.5 cm³/mol. The van der Waals surface area contributed by atoms with Gasteiger partial charge in [0, 0.05) is 12.7 Å². The standard InChI is InChI=1S/C11H14N4O/c1-7-9(6-13-15(7)2)11(16)14-10(5-12)8-3-4-8/h6,8,10H,3-4H2,1-2H3,(H,14,16). The zero-order valence-corrected chi connectivity index (χ0v) is 9.40. The summed E-state index contributed by atoms with van der Waals surface area (Å²) in [5, 5.41) is 15.7. The molecule has 5 heteroatoms. The molecule has 16 heavy (non-hydrogen) atoms. The highest BCUT2D eigenvalue weighted by Crippen LogP contribution is 2.32. The molecule has 1 unspecified atom stereocenters. The Morgan fingerprint density at radius 2 is 2.44 bits per heavy atom. The first-order chi connectivity index (χ1) is 7.63. The van der Waals surface area contributed by atoms with Crippen molar-refractivity contribution < 1.29 is 4.79 Å². The Morgan fingerprint density at radius 1 is 1.75 bits per heavy atom. The van der Waals surface area contributed by atoms with Gasteiger partial charge in [-0.3, -0.25) is 9.48 Å². The molecule has 0 aliphatic heterocycles. The first-order valence-corrected chi connectivity index (χ1v) is 5.32. The van der Waals surface area contributed by atoms with Crippen LogP contribution in [0.25, 0.3) is 0 Å². The van der Waals surface area contributed by atoms with Crippen LogP contribution in [0.1, 0.15) is 28.9 Å². The molecular formula is C11H14N4O. The zero-order chi connectivity index (χ0) is 11.7. The van der Waals surface area contributed by atoms with Gasteiger partial charge in [0.2, 0.25) is 0 Å². The number of carbonyl (C=O) groups excluding carboxylic acids is 1. The maximum Gasteiger partial charge on any atom is 0.255 e. The van der Waals surface area contributed by atoms with Crippen LogP contribution in [0.4, 0.5) is 0 Å². The van der Waals surface area contributed by atoms with Crippen molar-refractivity contribution in [3.05, 3.63) is 17.5 Å². The molecule has 1 amide bonds. The quantitative estimate of drug-likeness (QED) is 0.814. The lowest BCUT2D eigenvalue weighted by molar-refractivity contribution is 0.0941. The molecule has 1 fully saturated rings. The van der Waals surface area contributed by atoms with Crippen LogP contribution in [0.2, 0.25) is 0 Å². The zero-order valence-electron chi connectivity index (χ0n) is 9.40. The number of hydrogen-bond donors (Lipinski definition) is 1. The van der Waals surface area contributed by atoms with Gasteiger partial charge < -0.3 is 5.32 Å². The Bertz CT molecular complexity index is 453. The van der Waals surface area contributed by atoms with E-state index in [0.29, 0.717) is 11.5 Å². The summed E-state index contributed by atoms with van der Waals surface area (Å²) in [6, 6.07) is 1.78. The van der Waals surface area contributed by atoms with Gasteiger partial charge in [0.1, 0.15) is 6.04 Å². The van der Waals surface area contributed by atoms with Gasteiger partial charge in [-0.15, -0.1) is 0 Å². The molecule has 1 aliphatic rings. The molecule has 84 valence electrons. The third-order valence-corrected chi connectivity index (χ3v) is 3.00. The van der Waals surface area contributed by atoms with Crippen molar-refractivity contribution in [2.45, 2.75) is 25.8 Å². The van der Waals surface area contributed by atoms with Gasteiger partial charge >= 0.3 is 0 Å². The molecular weight excluding hydrogens is 204 g/mol. The highest BCUT2D eigenvalue weighted by atomic mass is 16.1. The third kappa shape index (κ3) is 1.91. The number of aryl methyl sites for hydroxylation is 1. The van der Waals surface area contributed by atoms with Crippen molar-refractivity contribution in [3.8, 4) is 6.07 Å². The second-order valence-electron chi connectivity index (χ2n) is 4.18. The molecule has 1 aromatic heterocycles. The summed E-state index contributed by atoms with van der Waals surface area (Å²) in [5.74, 6) is 0.134. The number of carbonyl (C=O) groups is 1. The fourth-order valence-electron chi connectivity index (χ4n) is 1.63. The van der Waals surface area contributed by atoms with Crippen LogP contribution in [0, 0.1) is 24.2 Å². The van der Waals surface area contributed by atoms with Crippen LogP contribution >= 0.6 is 0 Å². The first kappa shape index (κ1) is 10.7. The number of aromatic nitrogens is 2. The average Bonchev–Trinajstić information content (AvgIpc) is 3.04. The molecule has 0 spiro atoms. The van der Waals surface area contributed by atoms with Crippen molar-refractivity contribution in [1.29, 1.82) is 5.26 Å². The Morgan fingerprint density at radius 3 is 2.88 bits per heavy atom. The Hall–Kier alpha value is -1.83. The minimum absolute atomic E-state index is 0.205. The Kier molecular flexibility index (Phi) is 2.65. The van der Waals surface area contributed by atoms with E-state index >= 15 is 0 Å². The lowest BCUT2D eigenvalue weighted by atomic mass is 10.2. The van der Waals surface area contributed by atoms with Crippen molar-refractivity contribution in [3.63, 3.8) is 0 Å². The summed E-state index contributed by atoms with van der Waals surface area (Å²) < 4.78 is 1.65.